The standard InChI is InChI=1S/Na.H2O4S.H2Se.H/c;1-5(2,3)4;;/h;(H2,1,2,3,4);1H2;. The van der Waals surface area contributed by atoms with E-state index in [9.17, 15) is 0 Å². The summed E-state index contributed by atoms with van der Waals surface area (Å²) < 4.78 is 31.6. The molecule has 42 valence electrons. The van der Waals surface area contributed by atoms with Crippen LogP contribution in [0.4, 0.5) is 0 Å². The van der Waals surface area contributed by atoms with Gasteiger partial charge in [0.15, 0.2) is 0 Å². The van der Waals surface area contributed by atoms with Gasteiger partial charge in [0.1, 0.15) is 0 Å². The van der Waals surface area contributed by atoms with E-state index < -0.39 is 10.4 Å². The molecule has 0 bridgehead atoms. The van der Waals surface area contributed by atoms with Crippen molar-refractivity contribution in [1.82, 2.24) is 0 Å². The second kappa shape index (κ2) is 5.52. The van der Waals surface area contributed by atoms with Crippen LogP contribution in [0.25, 0.3) is 0 Å². The van der Waals surface area contributed by atoms with E-state index in [1.54, 1.807) is 0 Å². The van der Waals surface area contributed by atoms with Gasteiger partial charge in [0.2, 0.25) is 0 Å². The molecule has 0 aliphatic carbocycles. The van der Waals surface area contributed by atoms with Crippen molar-refractivity contribution in [2.45, 2.75) is 0 Å². The van der Waals surface area contributed by atoms with Gasteiger partial charge in [0.05, 0.1) is 0 Å². The third kappa shape index (κ3) is 111. The Kier molecular flexibility index (Phi) is 12.4. The Morgan fingerprint density at radius 1 is 1.14 bits per heavy atom. The predicted octanol–water partition coefficient (Wildman–Crippen LogP) is -2.22. The molecule has 2 N–H and O–H groups in total. The molecule has 0 aromatic carbocycles. The fourth-order valence-electron chi connectivity index (χ4n) is 0. The van der Waals surface area contributed by atoms with Gasteiger partial charge in [0, 0.05) is 0 Å². The zero-order valence-electron chi connectivity index (χ0n) is 2.62. The first-order valence-corrected chi connectivity index (χ1v) is 2.10. The topological polar surface area (TPSA) is 74.6 Å². The second-order valence-corrected chi connectivity index (χ2v) is 1.34. The van der Waals surface area contributed by atoms with Crippen molar-refractivity contribution in [3.8, 4) is 0 Å². The van der Waals surface area contributed by atoms with Crippen LogP contribution in [0.15, 0.2) is 0 Å². The molecule has 0 saturated heterocycles. The third-order valence-corrected chi connectivity index (χ3v) is 0. The zero-order valence-corrected chi connectivity index (χ0v) is 5.53. The molecular weight excluding hydrogens is 198 g/mol. The van der Waals surface area contributed by atoms with Gasteiger partial charge in [-0.2, -0.15) is 8.42 Å². The van der Waals surface area contributed by atoms with Crippen molar-refractivity contribution in [2.24, 2.45) is 0 Å². The summed E-state index contributed by atoms with van der Waals surface area (Å²) in [6.07, 6.45) is 0. The van der Waals surface area contributed by atoms with E-state index in [0.717, 1.165) is 0 Å². The average molecular weight is 203 g/mol. The summed E-state index contributed by atoms with van der Waals surface area (Å²) in [7, 11) is -4.67. The molecule has 0 aliphatic heterocycles. The first-order chi connectivity index (χ1) is 2.00. The summed E-state index contributed by atoms with van der Waals surface area (Å²) >= 11 is 0. The quantitative estimate of drug-likeness (QED) is 0.345. The third-order valence-electron chi connectivity index (χ3n) is 0. The first-order valence-electron chi connectivity index (χ1n) is 0.698. The molecule has 0 saturated carbocycles. The molecule has 4 nitrogen and oxygen atoms in total. The van der Waals surface area contributed by atoms with Gasteiger partial charge in [-0.1, -0.05) is 0 Å². The number of hydrogen-bond acceptors (Lipinski definition) is 2. The van der Waals surface area contributed by atoms with Crippen molar-refractivity contribution < 1.29 is 17.5 Å². The van der Waals surface area contributed by atoms with Crippen LogP contribution in [-0.4, -0.2) is 64.1 Å². The molecule has 0 rings (SSSR count). The Hall–Kier alpha value is 1.39. The zero-order chi connectivity index (χ0) is 4.50. The Labute approximate surface area is 74.0 Å². The summed E-state index contributed by atoms with van der Waals surface area (Å²) in [6.45, 7) is 0. The van der Waals surface area contributed by atoms with Crippen molar-refractivity contribution in [1.29, 1.82) is 0 Å². The van der Waals surface area contributed by atoms with Crippen LogP contribution >= 0.6 is 0 Å². The van der Waals surface area contributed by atoms with E-state index in [0.29, 0.717) is 0 Å². The van der Waals surface area contributed by atoms with Crippen LogP contribution < -0.4 is 0 Å². The normalized spacial score (nSPS) is 8.29. The maximum atomic E-state index is 8.74. The van der Waals surface area contributed by atoms with Crippen LogP contribution in [0, 0.1) is 0 Å². The van der Waals surface area contributed by atoms with Gasteiger partial charge < -0.3 is 0 Å². The Balaban J connectivity index is -0.0000000800. The summed E-state index contributed by atoms with van der Waals surface area (Å²) in [4.78, 5) is 0. The van der Waals surface area contributed by atoms with Crippen molar-refractivity contribution in [3.63, 3.8) is 0 Å². The molecule has 7 heteroatoms. The average Bonchev–Trinajstić information content (AvgIpc) is 0.722. The molecule has 0 aromatic rings. The fourth-order valence-corrected chi connectivity index (χ4v) is 0. The number of rotatable bonds is 0. The summed E-state index contributed by atoms with van der Waals surface area (Å²) in [5.74, 6) is 0. The summed E-state index contributed by atoms with van der Waals surface area (Å²) in [5, 5.41) is 0. The van der Waals surface area contributed by atoms with Crippen LogP contribution in [0.3, 0.4) is 0 Å². The minimum absolute atomic E-state index is 0. The van der Waals surface area contributed by atoms with Gasteiger partial charge in [-0.05, 0) is 0 Å². The SMILES string of the molecule is O=S(=O)(O)O.[NaH].[SeH2]. The summed E-state index contributed by atoms with van der Waals surface area (Å²) in [6, 6.07) is 0. The van der Waals surface area contributed by atoms with E-state index in [1.165, 1.54) is 0 Å². The molecule has 0 radical (unpaired) electrons. The predicted molar refractivity (Wildman–Crippen MR) is 29.9 cm³/mol. The van der Waals surface area contributed by atoms with Crippen LogP contribution in [0.1, 0.15) is 0 Å². The molecule has 0 aromatic heterocycles. The molecule has 0 amide bonds. The van der Waals surface area contributed by atoms with Gasteiger partial charge >= 0.3 is 57.0 Å². The molecule has 0 aliphatic rings. The van der Waals surface area contributed by atoms with Crippen LogP contribution in [-0.2, 0) is 10.4 Å². The monoisotopic (exact) mass is 204 g/mol. The Bertz CT molecular complexity index is 94.9. The van der Waals surface area contributed by atoms with E-state index in [-0.39, 0.29) is 46.6 Å². The van der Waals surface area contributed by atoms with E-state index >= 15 is 0 Å². The van der Waals surface area contributed by atoms with Crippen molar-refractivity contribution >= 4 is 57.0 Å². The Morgan fingerprint density at radius 2 is 1.14 bits per heavy atom. The van der Waals surface area contributed by atoms with Gasteiger partial charge in [-0.3, -0.25) is 9.11 Å². The molecule has 0 spiro atoms. The molecule has 0 heterocycles. The molecule has 0 unspecified atom stereocenters. The van der Waals surface area contributed by atoms with Crippen molar-refractivity contribution in [3.05, 3.63) is 0 Å². The van der Waals surface area contributed by atoms with E-state index in [1.807, 2.05) is 0 Å². The van der Waals surface area contributed by atoms with E-state index in [2.05, 4.69) is 0 Å². The number of hydrogen-bond donors (Lipinski definition) is 2. The summed E-state index contributed by atoms with van der Waals surface area (Å²) in [5.41, 5.74) is 0. The van der Waals surface area contributed by atoms with Crippen LogP contribution in [0.5, 0.6) is 0 Å². The second-order valence-electron chi connectivity index (χ2n) is 0.448. The van der Waals surface area contributed by atoms with Crippen molar-refractivity contribution in [2.75, 3.05) is 0 Å². The molecule has 0 fully saturated rings. The van der Waals surface area contributed by atoms with Gasteiger partial charge in [-0.25, -0.2) is 0 Å². The first kappa shape index (κ1) is 15.8. The van der Waals surface area contributed by atoms with Gasteiger partial charge in [0.25, 0.3) is 0 Å². The van der Waals surface area contributed by atoms with Gasteiger partial charge in [-0.15, -0.1) is 0 Å². The maximum absolute atomic E-state index is 8.74. The minimum atomic E-state index is -4.67. The Morgan fingerprint density at radius 3 is 1.14 bits per heavy atom. The molecular formula is H5NaO4SSe. The fraction of sp³-hybridized carbons (Fsp3) is 0. The molecule has 0 atom stereocenters. The molecule has 7 heavy (non-hydrogen) atoms. The van der Waals surface area contributed by atoms with E-state index in [4.69, 9.17) is 17.5 Å². The van der Waals surface area contributed by atoms with Crippen LogP contribution in [0.2, 0.25) is 0 Å².